The van der Waals surface area contributed by atoms with Gasteiger partial charge in [-0.05, 0) is 40.5 Å². The van der Waals surface area contributed by atoms with Gasteiger partial charge in [-0.3, -0.25) is 9.59 Å². The van der Waals surface area contributed by atoms with E-state index >= 15 is 0 Å². The number of aromatic nitrogens is 4. The quantitative estimate of drug-likeness (QED) is 0.120. The first-order valence-electron chi connectivity index (χ1n) is 19.6. The number of halogens is 6. The highest BCUT2D eigenvalue weighted by Gasteiger charge is 2.34. The molecule has 0 bridgehead atoms. The van der Waals surface area contributed by atoms with Crippen molar-refractivity contribution in [3.8, 4) is 11.5 Å². The zero-order chi connectivity index (χ0) is 44.6. The summed E-state index contributed by atoms with van der Waals surface area (Å²) in [5, 5.41) is 12.1. The van der Waals surface area contributed by atoms with Crippen molar-refractivity contribution in [2.45, 2.75) is 76.9 Å². The van der Waals surface area contributed by atoms with Crippen molar-refractivity contribution in [1.29, 1.82) is 0 Å². The Morgan fingerprint density at radius 1 is 0.645 bits per heavy atom. The lowest BCUT2D eigenvalue weighted by molar-refractivity contribution is -0.118. The van der Waals surface area contributed by atoms with Gasteiger partial charge in [-0.2, -0.15) is 9.97 Å². The second-order valence-electron chi connectivity index (χ2n) is 15.3. The van der Waals surface area contributed by atoms with Crippen LogP contribution in [-0.4, -0.2) is 109 Å². The maximum Gasteiger partial charge on any atom is 0.246 e. The van der Waals surface area contributed by atoms with Crippen LogP contribution >= 0.6 is 0 Å². The van der Waals surface area contributed by atoms with Crippen LogP contribution in [-0.2, 0) is 19.1 Å². The molecule has 4 aliphatic heterocycles. The second-order valence-corrected chi connectivity index (χ2v) is 15.3. The molecule has 6 atom stereocenters. The summed E-state index contributed by atoms with van der Waals surface area (Å²) >= 11 is 0. The highest BCUT2D eigenvalue weighted by atomic mass is 19.2. The van der Waals surface area contributed by atoms with Gasteiger partial charge in [0.05, 0.1) is 48.9 Å². The maximum absolute atomic E-state index is 13.3. The van der Waals surface area contributed by atoms with Gasteiger partial charge in [0.1, 0.15) is 48.2 Å². The molecule has 0 radical (unpaired) electrons. The molecule has 2 aromatic carbocycles. The monoisotopic (exact) mass is 874 g/mol. The minimum atomic E-state index is -1.53. The Morgan fingerprint density at radius 3 is 1.35 bits per heavy atom. The number of rotatable bonds is 10. The van der Waals surface area contributed by atoms with E-state index in [0.29, 0.717) is 72.4 Å². The summed E-state index contributed by atoms with van der Waals surface area (Å²) in [6, 6.07) is 2.26. The summed E-state index contributed by atoms with van der Waals surface area (Å²) in [7, 11) is 3.59. The Labute approximate surface area is 351 Å². The van der Waals surface area contributed by atoms with E-state index in [-0.39, 0.29) is 72.9 Å². The molecule has 0 spiro atoms. The molecular formula is C40H44F6N10O6. The zero-order valence-electron chi connectivity index (χ0n) is 34.4. The van der Waals surface area contributed by atoms with Crippen LogP contribution in [0.5, 0.6) is 11.5 Å². The van der Waals surface area contributed by atoms with E-state index < -0.39 is 34.9 Å². The van der Waals surface area contributed by atoms with E-state index in [1.165, 1.54) is 0 Å². The smallest absolute Gasteiger partial charge is 0.246 e. The van der Waals surface area contributed by atoms with Crippen LogP contribution in [0.4, 0.5) is 61.2 Å². The lowest BCUT2D eigenvalue weighted by Gasteiger charge is -2.32. The number of likely N-dealkylation sites (N-methyl/N-ethyl adjacent to an activating group) is 2. The third-order valence-electron chi connectivity index (χ3n) is 10.8. The van der Waals surface area contributed by atoms with Gasteiger partial charge in [0.25, 0.3) is 0 Å². The Bertz CT molecular complexity index is 2160. The third kappa shape index (κ3) is 9.49. The van der Waals surface area contributed by atoms with E-state index in [9.17, 15) is 35.9 Å². The highest BCUT2D eigenvalue weighted by molar-refractivity contribution is 6.03. The number of nitrogens with one attached hydrogen (secondary N) is 4. The summed E-state index contributed by atoms with van der Waals surface area (Å²) in [6.07, 6.45) is 0.451. The summed E-state index contributed by atoms with van der Waals surface area (Å²) < 4.78 is 101. The Morgan fingerprint density at radius 2 is 1.00 bits per heavy atom. The molecule has 16 nitrogen and oxygen atoms in total. The van der Waals surface area contributed by atoms with E-state index in [2.05, 4.69) is 41.2 Å². The Balaban J connectivity index is 0.000000186. The molecule has 2 aromatic heterocycles. The van der Waals surface area contributed by atoms with E-state index in [0.717, 1.165) is 24.3 Å². The highest BCUT2D eigenvalue weighted by Crippen LogP contribution is 2.34. The molecule has 0 unspecified atom stereocenters. The largest absolute Gasteiger partial charge is 0.491 e. The van der Waals surface area contributed by atoms with Crippen molar-refractivity contribution in [2.24, 2.45) is 0 Å². The normalized spacial score (nSPS) is 22.8. The predicted molar refractivity (Wildman–Crippen MR) is 214 cm³/mol. The number of ether oxygens (including phenoxy) is 4. The summed E-state index contributed by atoms with van der Waals surface area (Å²) in [5.41, 5.74) is 2.45. The molecule has 4 aliphatic rings. The predicted octanol–water partition coefficient (Wildman–Crippen LogP) is 5.26. The molecule has 4 N–H and O–H groups in total. The number of benzene rings is 2. The van der Waals surface area contributed by atoms with Gasteiger partial charge in [0.15, 0.2) is 46.5 Å². The van der Waals surface area contributed by atoms with Gasteiger partial charge in [-0.15, -0.1) is 0 Å². The molecule has 6 heterocycles. The van der Waals surface area contributed by atoms with Crippen LogP contribution in [0.15, 0.2) is 24.3 Å². The van der Waals surface area contributed by atoms with Crippen molar-refractivity contribution >= 4 is 46.7 Å². The minimum absolute atomic E-state index is 0.0546. The minimum Gasteiger partial charge on any atom is -0.491 e. The summed E-state index contributed by atoms with van der Waals surface area (Å²) in [5.74, 6) is -6.68. The first kappa shape index (κ1) is 43.9. The molecule has 2 fully saturated rings. The number of fused-ring (bicyclic) bond motifs is 2. The van der Waals surface area contributed by atoms with E-state index in [1.807, 2.05) is 0 Å². The average molecular weight is 875 g/mol. The number of nitrogens with zero attached hydrogens (tertiary/aromatic N) is 6. The lowest BCUT2D eigenvalue weighted by Crippen LogP contribution is -2.45. The number of amides is 2. The van der Waals surface area contributed by atoms with Crippen LogP contribution in [0.1, 0.15) is 38.1 Å². The van der Waals surface area contributed by atoms with Crippen LogP contribution < -0.4 is 40.5 Å². The van der Waals surface area contributed by atoms with Gasteiger partial charge in [-0.1, -0.05) is 0 Å². The SMILES string of the molecule is Cc1nc(N[C@@H]2CO[C@@H](COc3cc(F)c(F)c(F)c3)C2)nc2c1NC(=O)[C@H](C)N2C.Cc1nc(N[C@H]2CO[C@H](COc3cc(F)c(F)c(F)c3)C2)nc2c1NC(=O)[C@H](C)N2C. The fourth-order valence-electron chi connectivity index (χ4n) is 7.04. The number of aryl methyl sites for hydroxylation is 2. The molecule has 2 saturated heterocycles. The Kier molecular flexibility index (Phi) is 12.8. The first-order valence-corrected chi connectivity index (χ1v) is 19.6. The number of hydrogen-bond donors (Lipinski definition) is 4. The van der Waals surface area contributed by atoms with Crippen molar-refractivity contribution in [2.75, 3.05) is 71.6 Å². The molecule has 4 aromatic rings. The van der Waals surface area contributed by atoms with Gasteiger partial charge in [-0.25, -0.2) is 36.3 Å². The maximum atomic E-state index is 13.3. The van der Waals surface area contributed by atoms with Crippen LogP contribution in [0.2, 0.25) is 0 Å². The van der Waals surface area contributed by atoms with Crippen molar-refractivity contribution in [1.82, 2.24) is 19.9 Å². The Hall–Kier alpha value is -6.16. The van der Waals surface area contributed by atoms with E-state index in [4.69, 9.17) is 18.9 Å². The van der Waals surface area contributed by atoms with E-state index in [1.54, 1.807) is 51.6 Å². The second kappa shape index (κ2) is 18.1. The van der Waals surface area contributed by atoms with Crippen molar-refractivity contribution < 1.29 is 54.9 Å². The molecule has 2 amide bonds. The number of carbonyl (C=O) groups is 2. The number of anilines is 6. The number of carbonyl (C=O) groups excluding carboxylic acids is 2. The van der Waals surface area contributed by atoms with Crippen LogP contribution in [0.25, 0.3) is 0 Å². The summed E-state index contributed by atoms with van der Waals surface area (Å²) in [6.45, 7) is 7.99. The number of hydrogen-bond acceptors (Lipinski definition) is 14. The van der Waals surface area contributed by atoms with Crippen molar-refractivity contribution in [3.05, 3.63) is 70.6 Å². The van der Waals surface area contributed by atoms with Crippen LogP contribution in [0, 0.1) is 48.8 Å². The third-order valence-corrected chi connectivity index (χ3v) is 10.8. The van der Waals surface area contributed by atoms with Crippen molar-refractivity contribution in [3.63, 3.8) is 0 Å². The molecule has 0 aliphatic carbocycles. The molecule has 22 heteroatoms. The molecule has 8 rings (SSSR count). The fraction of sp³-hybridized carbons (Fsp3) is 0.450. The fourth-order valence-corrected chi connectivity index (χ4v) is 7.04. The lowest BCUT2D eigenvalue weighted by atomic mass is 10.1. The van der Waals surface area contributed by atoms with Gasteiger partial charge < -0.3 is 50.0 Å². The molecule has 332 valence electrons. The topological polar surface area (TPSA) is 177 Å². The van der Waals surface area contributed by atoms with Gasteiger partial charge in [0.2, 0.25) is 23.7 Å². The molecule has 62 heavy (non-hydrogen) atoms. The molecular weight excluding hydrogens is 830 g/mol. The van der Waals surface area contributed by atoms with Gasteiger partial charge in [0, 0.05) is 38.4 Å². The molecule has 0 saturated carbocycles. The standard InChI is InChI=1S/2C20H22F3N5O3/c2*1-9-17-18(28(3)10(2)19(29)26-17)27-20(24-9)25-11-4-13(30-7-11)8-31-12-5-14(21)16(23)15(22)6-12/h2*5-6,10-11,13H,4,7-8H2,1-3H3,(H,26,29)(H,24,25,27)/t10-,11+,13-;10-,11-,13+/m00/s1. The van der Waals surface area contributed by atoms with Crippen LogP contribution in [0.3, 0.4) is 0 Å². The van der Waals surface area contributed by atoms with Gasteiger partial charge >= 0.3 is 0 Å². The first-order chi connectivity index (χ1) is 29.4. The zero-order valence-corrected chi connectivity index (χ0v) is 34.4. The summed E-state index contributed by atoms with van der Waals surface area (Å²) in [4.78, 5) is 45.5. The average Bonchev–Trinajstić information content (AvgIpc) is 3.88.